The van der Waals surface area contributed by atoms with Crippen molar-refractivity contribution in [1.82, 2.24) is 0 Å². The van der Waals surface area contributed by atoms with Crippen LogP contribution in [-0.2, 0) is 0 Å². The molecule has 3 heteroatoms. The van der Waals surface area contributed by atoms with Crippen molar-refractivity contribution in [3.8, 4) is 5.75 Å². The van der Waals surface area contributed by atoms with Crippen molar-refractivity contribution in [2.45, 2.75) is 24.7 Å². The van der Waals surface area contributed by atoms with E-state index < -0.39 is 0 Å². The summed E-state index contributed by atoms with van der Waals surface area (Å²) >= 11 is 1.67. The summed E-state index contributed by atoms with van der Waals surface area (Å²) in [6.07, 6.45) is 3.77. The van der Waals surface area contributed by atoms with E-state index in [4.69, 9.17) is 9.73 Å². The normalized spacial score (nSPS) is 12.0. The minimum atomic E-state index is 0.829. The van der Waals surface area contributed by atoms with E-state index in [1.54, 1.807) is 11.8 Å². The van der Waals surface area contributed by atoms with Crippen LogP contribution in [-0.4, -0.2) is 5.04 Å². The Morgan fingerprint density at radius 3 is 2.07 bits per heavy atom. The van der Waals surface area contributed by atoms with Gasteiger partial charge in [-0.05, 0) is 42.8 Å². The highest BCUT2D eigenvalue weighted by molar-refractivity contribution is 8.14. The van der Waals surface area contributed by atoms with Crippen LogP contribution in [0, 0.1) is 0 Å². The van der Waals surface area contributed by atoms with Crippen LogP contribution in [0.1, 0.15) is 19.8 Å². The number of ether oxygens (including phenoxy) is 1. The van der Waals surface area contributed by atoms with E-state index in [9.17, 15) is 0 Å². The SMILES string of the molecule is CCCC(=COc1ccccc1)C(=Nc1ccccc1)Sc1ccccc1. The zero-order valence-electron chi connectivity index (χ0n) is 15.4. The maximum absolute atomic E-state index is 5.92. The first-order valence-electron chi connectivity index (χ1n) is 9.13. The van der Waals surface area contributed by atoms with Crippen LogP contribution in [0.3, 0.4) is 0 Å². The predicted molar refractivity (Wildman–Crippen MR) is 116 cm³/mol. The molecule has 0 aromatic heterocycles. The minimum Gasteiger partial charge on any atom is -0.465 e. The smallest absolute Gasteiger partial charge is 0.126 e. The molecule has 0 radical (unpaired) electrons. The van der Waals surface area contributed by atoms with E-state index in [1.807, 2.05) is 85.1 Å². The van der Waals surface area contributed by atoms with Gasteiger partial charge in [0.15, 0.2) is 0 Å². The Bertz CT molecular complexity index is 874. The summed E-state index contributed by atoms with van der Waals surface area (Å²) in [7, 11) is 0. The molecule has 0 bridgehead atoms. The Hall–Kier alpha value is -2.78. The van der Waals surface area contributed by atoms with Gasteiger partial charge in [-0.1, -0.05) is 79.7 Å². The van der Waals surface area contributed by atoms with Gasteiger partial charge in [-0.2, -0.15) is 0 Å². The fraction of sp³-hybridized carbons (Fsp3) is 0.125. The van der Waals surface area contributed by atoms with E-state index in [2.05, 4.69) is 19.1 Å². The number of para-hydroxylation sites is 2. The second kappa shape index (κ2) is 10.4. The Labute approximate surface area is 165 Å². The Morgan fingerprint density at radius 1 is 0.852 bits per heavy atom. The molecule has 2 nitrogen and oxygen atoms in total. The second-order valence-electron chi connectivity index (χ2n) is 5.99. The molecule has 0 unspecified atom stereocenters. The molecule has 0 fully saturated rings. The lowest BCUT2D eigenvalue weighted by molar-refractivity contribution is 0.476. The third kappa shape index (κ3) is 6.15. The van der Waals surface area contributed by atoms with Crippen molar-refractivity contribution in [2.24, 2.45) is 4.99 Å². The average Bonchev–Trinajstić information content (AvgIpc) is 2.73. The number of hydrogen-bond donors (Lipinski definition) is 0. The minimum absolute atomic E-state index is 0.829. The Balaban J connectivity index is 1.93. The zero-order chi connectivity index (χ0) is 18.7. The van der Waals surface area contributed by atoms with E-state index in [1.165, 1.54) is 0 Å². The van der Waals surface area contributed by atoms with Crippen LogP contribution >= 0.6 is 11.8 Å². The van der Waals surface area contributed by atoms with Crippen LogP contribution in [0.25, 0.3) is 0 Å². The molecular formula is C24H23NOS. The summed E-state index contributed by atoms with van der Waals surface area (Å²) in [5, 5.41) is 0.963. The van der Waals surface area contributed by atoms with Crippen molar-refractivity contribution in [1.29, 1.82) is 0 Å². The van der Waals surface area contributed by atoms with Crippen LogP contribution in [0.4, 0.5) is 5.69 Å². The standard InChI is InChI=1S/C24H23NOS/c1-2-12-20(19-26-22-15-8-4-9-16-22)24(25-21-13-6-3-7-14-21)27-23-17-10-5-11-18-23/h3-11,13-19H,2,12H2,1H3. The lowest BCUT2D eigenvalue weighted by atomic mass is 10.2. The molecule has 0 N–H and O–H groups in total. The molecule has 0 aliphatic carbocycles. The third-order valence-corrected chi connectivity index (χ3v) is 4.87. The van der Waals surface area contributed by atoms with Crippen molar-refractivity contribution in [3.63, 3.8) is 0 Å². The summed E-state index contributed by atoms with van der Waals surface area (Å²) < 4.78 is 5.92. The fourth-order valence-corrected chi connectivity index (χ4v) is 3.45. The Morgan fingerprint density at radius 2 is 1.44 bits per heavy atom. The maximum atomic E-state index is 5.92. The quantitative estimate of drug-likeness (QED) is 0.188. The molecule has 136 valence electrons. The number of thioether (sulfide) groups is 1. The van der Waals surface area contributed by atoms with Gasteiger partial charge in [0.05, 0.1) is 11.9 Å². The lowest BCUT2D eigenvalue weighted by Crippen LogP contribution is -2.01. The topological polar surface area (TPSA) is 21.6 Å². The molecular weight excluding hydrogens is 350 g/mol. The highest BCUT2D eigenvalue weighted by Crippen LogP contribution is 2.28. The van der Waals surface area contributed by atoms with Gasteiger partial charge in [0, 0.05) is 10.5 Å². The maximum Gasteiger partial charge on any atom is 0.126 e. The predicted octanol–water partition coefficient (Wildman–Crippen LogP) is 7.27. The molecule has 0 heterocycles. The fourth-order valence-electron chi connectivity index (χ4n) is 2.50. The van der Waals surface area contributed by atoms with Crippen LogP contribution in [0.5, 0.6) is 5.75 Å². The molecule has 0 aliphatic heterocycles. The second-order valence-corrected chi connectivity index (χ2v) is 7.05. The molecule has 0 spiro atoms. The van der Waals surface area contributed by atoms with E-state index in [0.717, 1.165) is 39.8 Å². The highest BCUT2D eigenvalue weighted by atomic mass is 32.2. The summed E-state index contributed by atoms with van der Waals surface area (Å²) in [6.45, 7) is 2.17. The van der Waals surface area contributed by atoms with Gasteiger partial charge >= 0.3 is 0 Å². The summed E-state index contributed by atoms with van der Waals surface area (Å²) in [4.78, 5) is 6.08. The average molecular weight is 374 g/mol. The van der Waals surface area contributed by atoms with Crippen LogP contribution in [0.2, 0.25) is 0 Å². The van der Waals surface area contributed by atoms with Crippen molar-refractivity contribution in [3.05, 3.63) is 103 Å². The molecule has 0 amide bonds. The first kappa shape index (κ1) is 19.0. The summed E-state index contributed by atoms with van der Waals surface area (Å²) in [5.41, 5.74) is 2.04. The van der Waals surface area contributed by atoms with Gasteiger partial charge < -0.3 is 4.74 Å². The van der Waals surface area contributed by atoms with Gasteiger partial charge in [0.2, 0.25) is 0 Å². The molecule has 0 atom stereocenters. The van der Waals surface area contributed by atoms with Gasteiger partial charge in [-0.25, -0.2) is 4.99 Å². The van der Waals surface area contributed by atoms with Gasteiger partial charge in [-0.15, -0.1) is 0 Å². The summed E-state index contributed by atoms with van der Waals surface area (Å²) in [6, 6.07) is 30.2. The molecule has 27 heavy (non-hydrogen) atoms. The number of nitrogens with zero attached hydrogens (tertiary/aromatic N) is 1. The third-order valence-electron chi connectivity index (χ3n) is 3.82. The van der Waals surface area contributed by atoms with Crippen molar-refractivity contribution < 1.29 is 4.74 Å². The lowest BCUT2D eigenvalue weighted by Gasteiger charge is -2.11. The van der Waals surface area contributed by atoms with E-state index in [0.29, 0.717) is 0 Å². The van der Waals surface area contributed by atoms with Gasteiger partial charge in [0.25, 0.3) is 0 Å². The largest absolute Gasteiger partial charge is 0.465 e. The van der Waals surface area contributed by atoms with Crippen LogP contribution in [0.15, 0.2) is 113 Å². The first-order chi connectivity index (χ1) is 13.3. The van der Waals surface area contributed by atoms with Crippen LogP contribution < -0.4 is 4.74 Å². The number of benzene rings is 3. The van der Waals surface area contributed by atoms with E-state index in [-0.39, 0.29) is 0 Å². The van der Waals surface area contributed by atoms with Crippen molar-refractivity contribution in [2.75, 3.05) is 0 Å². The Kier molecular flexibility index (Phi) is 7.31. The van der Waals surface area contributed by atoms with E-state index >= 15 is 0 Å². The number of hydrogen-bond acceptors (Lipinski definition) is 3. The summed E-state index contributed by atoms with van der Waals surface area (Å²) in [5.74, 6) is 0.829. The number of aliphatic imine (C=N–C) groups is 1. The highest BCUT2D eigenvalue weighted by Gasteiger charge is 2.11. The molecule has 3 aromatic carbocycles. The van der Waals surface area contributed by atoms with Gasteiger partial charge in [-0.3, -0.25) is 0 Å². The zero-order valence-corrected chi connectivity index (χ0v) is 16.2. The molecule has 3 aromatic rings. The molecule has 0 saturated carbocycles. The molecule has 0 aliphatic rings. The van der Waals surface area contributed by atoms with Crippen molar-refractivity contribution >= 4 is 22.5 Å². The van der Waals surface area contributed by atoms with Gasteiger partial charge in [0.1, 0.15) is 10.8 Å². The first-order valence-corrected chi connectivity index (χ1v) is 9.94. The number of rotatable bonds is 7. The molecule has 3 rings (SSSR count). The molecule has 0 saturated heterocycles. The monoisotopic (exact) mass is 373 g/mol.